The van der Waals surface area contributed by atoms with Gasteiger partial charge in [-0.05, 0) is 43.9 Å². The second-order valence-electron chi connectivity index (χ2n) is 6.06. The smallest absolute Gasteiger partial charge is 0.243 e. The van der Waals surface area contributed by atoms with Gasteiger partial charge in [-0.15, -0.1) is 0 Å². The summed E-state index contributed by atoms with van der Waals surface area (Å²) in [5, 5.41) is 2.75. The minimum Gasteiger partial charge on any atom is -0.325 e. The van der Waals surface area contributed by atoms with Crippen molar-refractivity contribution >= 4 is 21.6 Å². The molecule has 0 saturated heterocycles. The molecule has 6 nitrogen and oxygen atoms in total. The van der Waals surface area contributed by atoms with Crippen LogP contribution in [0.1, 0.15) is 5.56 Å². The zero-order valence-corrected chi connectivity index (χ0v) is 15.5. The number of rotatable bonds is 7. The lowest BCUT2D eigenvalue weighted by molar-refractivity contribution is -0.116. The molecule has 0 radical (unpaired) electrons. The van der Waals surface area contributed by atoms with Gasteiger partial charge in [-0.25, -0.2) is 8.42 Å². The van der Waals surface area contributed by atoms with E-state index < -0.39 is 10.0 Å². The van der Waals surface area contributed by atoms with Crippen LogP contribution < -0.4 is 5.32 Å². The van der Waals surface area contributed by atoms with Gasteiger partial charge in [0.25, 0.3) is 0 Å². The Hall–Kier alpha value is -2.22. The van der Waals surface area contributed by atoms with E-state index >= 15 is 0 Å². The molecule has 1 N–H and O–H groups in total. The molecule has 0 aromatic heterocycles. The van der Waals surface area contributed by atoms with Crippen molar-refractivity contribution < 1.29 is 13.2 Å². The third kappa shape index (κ3) is 5.38. The number of carbonyl (C=O) groups excluding carboxylic acids is 1. The van der Waals surface area contributed by atoms with Crippen LogP contribution in [-0.4, -0.2) is 51.2 Å². The number of nitrogens with one attached hydrogen (secondary N) is 1. The molecule has 0 unspecified atom stereocenters. The van der Waals surface area contributed by atoms with Gasteiger partial charge < -0.3 is 10.2 Å². The summed E-state index contributed by atoms with van der Waals surface area (Å²) in [5.74, 6) is -0.385. The molecule has 25 heavy (non-hydrogen) atoms. The van der Waals surface area contributed by atoms with Crippen molar-refractivity contribution in [2.75, 3.05) is 33.0 Å². The first-order chi connectivity index (χ1) is 11.8. The maximum absolute atomic E-state index is 12.4. The molecule has 0 saturated carbocycles. The molecule has 0 fully saturated rings. The number of anilines is 1. The molecule has 2 rings (SSSR count). The Morgan fingerprint density at radius 1 is 1.00 bits per heavy atom. The first kappa shape index (κ1) is 19.1. The van der Waals surface area contributed by atoms with Gasteiger partial charge in [0, 0.05) is 19.3 Å². The Bertz CT molecular complexity index is 820. The van der Waals surface area contributed by atoms with Crippen LogP contribution in [0.4, 0.5) is 5.69 Å². The normalized spacial score (nSPS) is 11.7. The number of sulfonamides is 1. The minimum atomic E-state index is -3.68. The van der Waals surface area contributed by atoms with Gasteiger partial charge in [0.1, 0.15) is 0 Å². The topological polar surface area (TPSA) is 69.7 Å². The number of amides is 1. The number of nitrogens with zero attached hydrogens (tertiary/aromatic N) is 2. The van der Waals surface area contributed by atoms with E-state index in [0.29, 0.717) is 5.69 Å². The highest BCUT2D eigenvalue weighted by atomic mass is 32.2. The Labute approximate surface area is 149 Å². The zero-order valence-electron chi connectivity index (χ0n) is 14.6. The summed E-state index contributed by atoms with van der Waals surface area (Å²) < 4.78 is 25.9. The summed E-state index contributed by atoms with van der Waals surface area (Å²) in [5.41, 5.74) is 1.71. The van der Waals surface area contributed by atoms with Crippen LogP contribution in [0.3, 0.4) is 0 Å². The first-order valence-corrected chi connectivity index (χ1v) is 9.28. The molecule has 0 bridgehead atoms. The van der Waals surface area contributed by atoms with Gasteiger partial charge >= 0.3 is 0 Å². The van der Waals surface area contributed by atoms with Crippen LogP contribution in [0.15, 0.2) is 59.5 Å². The van der Waals surface area contributed by atoms with Gasteiger partial charge in [0.15, 0.2) is 0 Å². The van der Waals surface area contributed by atoms with Crippen molar-refractivity contribution in [3.8, 4) is 0 Å². The van der Waals surface area contributed by atoms with Crippen molar-refractivity contribution in [2.45, 2.75) is 11.4 Å². The monoisotopic (exact) mass is 361 g/mol. The van der Waals surface area contributed by atoms with E-state index in [1.807, 2.05) is 37.2 Å². The molecule has 2 aromatic carbocycles. The van der Waals surface area contributed by atoms with Crippen molar-refractivity contribution in [3.05, 3.63) is 60.2 Å². The number of hydrogen-bond acceptors (Lipinski definition) is 4. The fourth-order valence-corrected chi connectivity index (χ4v) is 3.52. The lowest BCUT2D eigenvalue weighted by atomic mass is 10.2. The second kappa shape index (κ2) is 8.24. The number of benzene rings is 2. The van der Waals surface area contributed by atoms with Gasteiger partial charge in [0.2, 0.25) is 15.9 Å². The molecule has 0 atom stereocenters. The fourth-order valence-electron chi connectivity index (χ4n) is 2.37. The van der Waals surface area contributed by atoms with E-state index in [1.54, 1.807) is 24.3 Å². The predicted octanol–water partition coefficient (Wildman–Crippen LogP) is 2.01. The van der Waals surface area contributed by atoms with E-state index in [2.05, 4.69) is 5.32 Å². The van der Waals surface area contributed by atoms with Crippen LogP contribution in [0, 0.1) is 0 Å². The quantitative estimate of drug-likeness (QED) is 0.819. The Morgan fingerprint density at radius 2 is 1.68 bits per heavy atom. The van der Waals surface area contributed by atoms with E-state index in [4.69, 9.17) is 0 Å². The lowest BCUT2D eigenvalue weighted by Gasteiger charge is -2.17. The molecule has 0 aliphatic carbocycles. The Kier molecular flexibility index (Phi) is 6.30. The van der Waals surface area contributed by atoms with E-state index in [-0.39, 0.29) is 17.3 Å². The molecule has 0 aliphatic rings. The maximum Gasteiger partial charge on any atom is 0.243 e. The average Bonchev–Trinajstić information content (AvgIpc) is 2.55. The summed E-state index contributed by atoms with van der Waals surface area (Å²) in [7, 11) is 1.64. The summed E-state index contributed by atoms with van der Waals surface area (Å²) in [6.45, 7) is 0.501. The summed E-state index contributed by atoms with van der Waals surface area (Å²) in [4.78, 5) is 14.4. The third-order valence-electron chi connectivity index (χ3n) is 3.53. The largest absolute Gasteiger partial charge is 0.325 e. The summed E-state index contributed by atoms with van der Waals surface area (Å²) in [6, 6.07) is 15.6. The highest BCUT2D eigenvalue weighted by Crippen LogP contribution is 2.15. The van der Waals surface area contributed by atoms with Gasteiger partial charge in [-0.3, -0.25) is 4.79 Å². The van der Waals surface area contributed by atoms with Crippen LogP contribution in [0.2, 0.25) is 0 Å². The van der Waals surface area contributed by atoms with Crippen LogP contribution in [0.25, 0.3) is 0 Å². The second-order valence-corrected chi connectivity index (χ2v) is 8.11. The molecular formula is C18H23N3O3S. The average molecular weight is 361 g/mol. The van der Waals surface area contributed by atoms with Crippen molar-refractivity contribution in [2.24, 2.45) is 0 Å². The number of likely N-dealkylation sites (N-methyl/N-ethyl adjacent to an activating group) is 1. The molecule has 0 spiro atoms. The molecule has 1 amide bonds. The van der Waals surface area contributed by atoms with Gasteiger partial charge in [-0.1, -0.05) is 30.3 Å². The highest BCUT2D eigenvalue weighted by Gasteiger charge is 2.22. The van der Waals surface area contributed by atoms with Crippen molar-refractivity contribution in [3.63, 3.8) is 0 Å². The van der Waals surface area contributed by atoms with E-state index in [9.17, 15) is 13.2 Å². The molecule has 2 aromatic rings. The van der Waals surface area contributed by atoms with Crippen LogP contribution in [0.5, 0.6) is 0 Å². The highest BCUT2D eigenvalue weighted by molar-refractivity contribution is 7.89. The van der Waals surface area contributed by atoms with Crippen LogP contribution in [-0.2, 0) is 21.4 Å². The summed E-state index contributed by atoms with van der Waals surface area (Å²) >= 11 is 0. The molecular weight excluding hydrogens is 338 g/mol. The third-order valence-corrected chi connectivity index (χ3v) is 5.34. The van der Waals surface area contributed by atoms with Crippen LogP contribution >= 0.6 is 0 Å². The standard InChI is InChI=1S/C18H23N3O3S/c1-20(2)13-15-8-7-9-16(12-15)19-18(22)14-21(3)25(23,24)17-10-5-4-6-11-17/h4-12H,13-14H2,1-3H3,(H,19,22). The molecule has 0 aliphatic heterocycles. The van der Waals surface area contributed by atoms with Gasteiger partial charge in [-0.2, -0.15) is 4.31 Å². The SMILES string of the molecule is CN(C)Cc1cccc(NC(=O)CN(C)S(=O)(=O)c2ccccc2)c1. The van der Waals surface area contributed by atoms with E-state index in [1.165, 1.54) is 19.2 Å². The number of hydrogen-bond donors (Lipinski definition) is 1. The zero-order chi connectivity index (χ0) is 18.4. The Morgan fingerprint density at radius 3 is 2.32 bits per heavy atom. The van der Waals surface area contributed by atoms with Crippen molar-refractivity contribution in [1.29, 1.82) is 0 Å². The van der Waals surface area contributed by atoms with Gasteiger partial charge in [0.05, 0.1) is 11.4 Å². The Balaban J connectivity index is 2.02. The maximum atomic E-state index is 12.4. The van der Waals surface area contributed by atoms with Crippen molar-refractivity contribution in [1.82, 2.24) is 9.21 Å². The van der Waals surface area contributed by atoms with E-state index in [0.717, 1.165) is 16.4 Å². The number of carbonyl (C=O) groups is 1. The molecule has 0 heterocycles. The fraction of sp³-hybridized carbons (Fsp3) is 0.278. The lowest BCUT2D eigenvalue weighted by Crippen LogP contribution is -2.34. The molecule has 134 valence electrons. The first-order valence-electron chi connectivity index (χ1n) is 7.84. The molecule has 7 heteroatoms. The minimum absolute atomic E-state index is 0.165. The summed E-state index contributed by atoms with van der Waals surface area (Å²) in [6.07, 6.45) is 0. The predicted molar refractivity (Wildman–Crippen MR) is 98.7 cm³/mol.